The van der Waals surface area contributed by atoms with Gasteiger partial charge in [-0.25, -0.2) is 0 Å². The second-order valence-electron chi connectivity index (χ2n) is 6.53. The van der Waals surface area contributed by atoms with Crippen LogP contribution in [0.15, 0.2) is 42.5 Å². The zero-order valence-corrected chi connectivity index (χ0v) is 15.5. The predicted octanol–water partition coefficient (Wildman–Crippen LogP) is 5.39. The molecule has 2 aromatic carbocycles. The van der Waals surface area contributed by atoms with Gasteiger partial charge in [-0.1, -0.05) is 61.7 Å². The Morgan fingerprint density at radius 3 is 2.52 bits per heavy atom. The Kier molecular flexibility index (Phi) is 8.52. The van der Waals surface area contributed by atoms with Crippen LogP contribution in [-0.2, 0) is 15.9 Å². The third-order valence-electron chi connectivity index (χ3n) is 4.40. The van der Waals surface area contributed by atoms with Gasteiger partial charge < -0.3 is 9.47 Å². The minimum atomic E-state index is -0.243. The van der Waals surface area contributed by atoms with Crippen molar-refractivity contribution >= 4 is 10.8 Å². The highest BCUT2D eigenvalue weighted by Crippen LogP contribution is 2.17. The van der Waals surface area contributed by atoms with E-state index >= 15 is 0 Å². The topological polar surface area (TPSA) is 18.5 Å². The van der Waals surface area contributed by atoms with Gasteiger partial charge in [0, 0.05) is 13.2 Å². The molecule has 0 fully saturated rings. The third-order valence-corrected chi connectivity index (χ3v) is 4.40. The SMILES string of the molecule is C#CC(OCCCCCc1ccc2ccccc2c1)C(C)OCCC. The van der Waals surface area contributed by atoms with Gasteiger partial charge in [-0.2, -0.15) is 0 Å². The molecule has 0 radical (unpaired) electrons. The van der Waals surface area contributed by atoms with Crippen molar-refractivity contribution in [3.8, 4) is 12.3 Å². The van der Waals surface area contributed by atoms with Crippen molar-refractivity contribution in [2.75, 3.05) is 13.2 Å². The molecule has 2 aromatic rings. The number of fused-ring (bicyclic) bond motifs is 1. The molecule has 0 saturated carbocycles. The molecule has 25 heavy (non-hydrogen) atoms. The molecule has 134 valence electrons. The Labute approximate surface area is 152 Å². The van der Waals surface area contributed by atoms with E-state index in [0.717, 1.165) is 32.3 Å². The van der Waals surface area contributed by atoms with E-state index < -0.39 is 0 Å². The van der Waals surface area contributed by atoms with Crippen molar-refractivity contribution in [1.29, 1.82) is 0 Å². The van der Waals surface area contributed by atoms with E-state index in [1.807, 2.05) is 6.92 Å². The summed E-state index contributed by atoms with van der Waals surface area (Å²) in [6.45, 7) is 5.51. The lowest BCUT2D eigenvalue weighted by atomic mass is 10.0. The van der Waals surface area contributed by atoms with E-state index in [2.05, 4.69) is 55.3 Å². The number of ether oxygens (including phenoxy) is 2. The lowest BCUT2D eigenvalue weighted by molar-refractivity contribution is -0.0391. The summed E-state index contributed by atoms with van der Waals surface area (Å²) in [5.41, 5.74) is 1.41. The van der Waals surface area contributed by atoms with Crippen LogP contribution in [0.25, 0.3) is 10.8 Å². The molecule has 2 unspecified atom stereocenters. The minimum absolute atomic E-state index is 0.0393. The molecule has 0 aliphatic rings. The van der Waals surface area contributed by atoms with Crippen molar-refractivity contribution in [3.05, 3.63) is 48.0 Å². The van der Waals surface area contributed by atoms with Gasteiger partial charge in [0.2, 0.25) is 0 Å². The van der Waals surface area contributed by atoms with Crippen LogP contribution in [0.4, 0.5) is 0 Å². The number of rotatable bonds is 11. The molecule has 0 aliphatic carbocycles. The second kappa shape index (κ2) is 10.9. The van der Waals surface area contributed by atoms with Crippen LogP contribution in [0.3, 0.4) is 0 Å². The van der Waals surface area contributed by atoms with Crippen molar-refractivity contribution in [1.82, 2.24) is 0 Å². The summed E-state index contributed by atoms with van der Waals surface area (Å²) in [5.74, 6) is 2.70. The summed E-state index contributed by atoms with van der Waals surface area (Å²) >= 11 is 0. The molecule has 0 bridgehead atoms. The maximum Gasteiger partial charge on any atom is 0.143 e. The Hall–Kier alpha value is -1.82. The fraction of sp³-hybridized carbons (Fsp3) is 0.478. The number of benzene rings is 2. The van der Waals surface area contributed by atoms with Gasteiger partial charge in [0.05, 0.1) is 6.10 Å². The van der Waals surface area contributed by atoms with Crippen molar-refractivity contribution in [3.63, 3.8) is 0 Å². The van der Waals surface area contributed by atoms with Gasteiger partial charge in [0.1, 0.15) is 6.10 Å². The standard InChI is InChI=1S/C23H30O2/c1-4-16-24-19(3)23(5-2)25-17-10-6-7-11-20-14-15-21-12-8-9-13-22(21)18-20/h2,8-9,12-15,18-19,23H,4,6-7,10-11,16-17H2,1,3H3. The molecule has 0 amide bonds. The van der Waals surface area contributed by atoms with Crippen LogP contribution < -0.4 is 0 Å². The quantitative estimate of drug-likeness (QED) is 0.404. The summed E-state index contributed by atoms with van der Waals surface area (Å²) in [6.07, 6.45) is 10.7. The first-order chi connectivity index (χ1) is 12.2. The third kappa shape index (κ3) is 6.53. The first-order valence-electron chi connectivity index (χ1n) is 9.41. The number of hydrogen-bond donors (Lipinski definition) is 0. The van der Waals surface area contributed by atoms with E-state index in [1.165, 1.54) is 22.8 Å². The molecular weight excluding hydrogens is 308 g/mol. The second-order valence-corrected chi connectivity index (χ2v) is 6.53. The van der Waals surface area contributed by atoms with Crippen LogP contribution in [0.2, 0.25) is 0 Å². The van der Waals surface area contributed by atoms with Crippen molar-refractivity contribution in [2.24, 2.45) is 0 Å². The molecule has 0 aliphatic heterocycles. The molecule has 2 rings (SSSR count). The van der Waals surface area contributed by atoms with Gasteiger partial charge in [0.15, 0.2) is 0 Å². The summed E-state index contributed by atoms with van der Waals surface area (Å²) in [5, 5.41) is 2.63. The number of unbranched alkanes of at least 4 members (excludes halogenated alkanes) is 2. The van der Waals surface area contributed by atoms with Gasteiger partial charge >= 0.3 is 0 Å². The highest BCUT2D eigenvalue weighted by atomic mass is 16.5. The van der Waals surface area contributed by atoms with Crippen LogP contribution in [0.5, 0.6) is 0 Å². The summed E-state index contributed by atoms with van der Waals surface area (Å²) < 4.78 is 11.4. The first-order valence-corrected chi connectivity index (χ1v) is 9.41. The largest absolute Gasteiger partial charge is 0.375 e. The van der Waals surface area contributed by atoms with Gasteiger partial charge in [-0.05, 0) is 48.9 Å². The molecule has 0 aromatic heterocycles. The van der Waals surface area contributed by atoms with Gasteiger partial charge in [-0.15, -0.1) is 6.42 Å². The Morgan fingerprint density at radius 2 is 1.76 bits per heavy atom. The smallest absolute Gasteiger partial charge is 0.143 e. The lowest BCUT2D eigenvalue weighted by Gasteiger charge is -2.20. The zero-order chi connectivity index (χ0) is 17.9. The van der Waals surface area contributed by atoms with Crippen LogP contribution in [-0.4, -0.2) is 25.4 Å². The van der Waals surface area contributed by atoms with Crippen LogP contribution in [0, 0.1) is 12.3 Å². The van der Waals surface area contributed by atoms with E-state index in [4.69, 9.17) is 15.9 Å². The molecule has 2 heteroatoms. The highest BCUT2D eigenvalue weighted by molar-refractivity contribution is 5.82. The number of aryl methyl sites for hydroxylation is 1. The fourth-order valence-corrected chi connectivity index (χ4v) is 2.92. The Bertz CT molecular complexity index is 671. The average molecular weight is 338 g/mol. The number of hydrogen-bond acceptors (Lipinski definition) is 2. The summed E-state index contributed by atoms with van der Waals surface area (Å²) in [4.78, 5) is 0. The van der Waals surface area contributed by atoms with Gasteiger partial charge in [-0.3, -0.25) is 0 Å². The molecule has 0 saturated heterocycles. The maximum absolute atomic E-state index is 5.80. The highest BCUT2D eigenvalue weighted by Gasteiger charge is 2.15. The zero-order valence-electron chi connectivity index (χ0n) is 15.5. The first kappa shape index (κ1) is 19.5. The normalized spacial score (nSPS) is 13.5. The fourth-order valence-electron chi connectivity index (χ4n) is 2.92. The molecule has 0 heterocycles. The van der Waals surface area contributed by atoms with Gasteiger partial charge in [0.25, 0.3) is 0 Å². The molecule has 2 atom stereocenters. The maximum atomic E-state index is 5.80. The Balaban J connectivity index is 1.64. The molecule has 0 spiro atoms. The minimum Gasteiger partial charge on any atom is -0.375 e. The molecule has 2 nitrogen and oxygen atoms in total. The average Bonchev–Trinajstić information content (AvgIpc) is 2.65. The Morgan fingerprint density at radius 1 is 0.960 bits per heavy atom. The number of terminal acetylenes is 1. The monoisotopic (exact) mass is 338 g/mol. The van der Waals surface area contributed by atoms with Crippen LogP contribution >= 0.6 is 0 Å². The van der Waals surface area contributed by atoms with Crippen molar-refractivity contribution < 1.29 is 9.47 Å². The van der Waals surface area contributed by atoms with E-state index in [-0.39, 0.29) is 12.2 Å². The van der Waals surface area contributed by atoms with E-state index in [9.17, 15) is 0 Å². The molecular formula is C23H30O2. The summed E-state index contributed by atoms with van der Waals surface area (Å²) in [7, 11) is 0. The lowest BCUT2D eigenvalue weighted by Crippen LogP contribution is -2.28. The van der Waals surface area contributed by atoms with Crippen LogP contribution in [0.1, 0.15) is 45.1 Å². The molecule has 0 N–H and O–H groups in total. The van der Waals surface area contributed by atoms with E-state index in [1.54, 1.807) is 0 Å². The van der Waals surface area contributed by atoms with Crippen molar-refractivity contribution in [2.45, 2.75) is 58.2 Å². The van der Waals surface area contributed by atoms with E-state index in [0.29, 0.717) is 6.61 Å². The predicted molar refractivity (Wildman–Crippen MR) is 106 cm³/mol. The summed E-state index contributed by atoms with van der Waals surface area (Å²) in [6, 6.07) is 15.3.